The molecule has 0 aliphatic carbocycles. The molecule has 1 aromatic heterocycles. The monoisotopic (exact) mass is 184 g/mol. The first-order chi connectivity index (χ1) is 5.58. The van der Waals surface area contributed by atoms with Crippen LogP contribution in [0, 0.1) is 4.77 Å². The number of aromatic amines is 1. The van der Waals surface area contributed by atoms with Crippen LogP contribution in [0.2, 0.25) is 0 Å². The molecule has 2 nitrogen and oxygen atoms in total. The van der Waals surface area contributed by atoms with Crippen LogP contribution in [0.4, 0.5) is 0 Å². The molecule has 0 fully saturated rings. The van der Waals surface area contributed by atoms with E-state index in [-0.39, 0.29) is 5.54 Å². The number of hydrogen-bond donors (Lipinski definition) is 1. The minimum absolute atomic E-state index is 0.145. The molecule has 0 radical (unpaired) electrons. The molecule has 0 saturated carbocycles. The van der Waals surface area contributed by atoms with Crippen molar-refractivity contribution in [2.45, 2.75) is 39.2 Å². The highest BCUT2D eigenvalue weighted by atomic mass is 32.1. The van der Waals surface area contributed by atoms with Crippen LogP contribution in [0.1, 0.15) is 33.6 Å². The SMILES string of the molecule is CCCC(C)(C)n1cc[nH]c1=S. The largest absolute Gasteiger partial charge is 0.337 e. The smallest absolute Gasteiger partial charge is 0.177 e. The minimum Gasteiger partial charge on any atom is -0.337 e. The molecule has 0 unspecified atom stereocenters. The van der Waals surface area contributed by atoms with E-state index in [0.29, 0.717) is 0 Å². The fourth-order valence-corrected chi connectivity index (χ4v) is 1.91. The summed E-state index contributed by atoms with van der Waals surface area (Å²) in [5.41, 5.74) is 0.145. The third kappa shape index (κ3) is 1.78. The number of nitrogens with zero attached hydrogens (tertiary/aromatic N) is 1. The molecule has 0 saturated heterocycles. The van der Waals surface area contributed by atoms with Crippen molar-refractivity contribution in [2.24, 2.45) is 0 Å². The third-order valence-corrected chi connectivity index (χ3v) is 2.48. The highest BCUT2D eigenvalue weighted by molar-refractivity contribution is 7.71. The zero-order valence-electron chi connectivity index (χ0n) is 7.92. The summed E-state index contributed by atoms with van der Waals surface area (Å²) in [5.74, 6) is 0. The summed E-state index contributed by atoms with van der Waals surface area (Å²) >= 11 is 5.16. The molecule has 0 aliphatic heterocycles. The molecule has 0 aromatic carbocycles. The van der Waals surface area contributed by atoms with E-state index in [1.807, 2.05) is 12.4 Å². The van der Waals surface area contributed by atoms with Gasteiger partial charge < -0.3 is 9.55 Å². The zero-order chi connectivity index (χ0) is 9.19. The van der Waals surface area contributed by atoms with Gasteiger partial charge in [-0.05, 0) is 32.5 Å². The molecule has 1 heterocycles. The summed E-state index contributed by atoms with van der Waals surface area (Å²) in [7, 11) is 0. The van der Waals surface area contributed by atoms with Crippen LogP contribution in [0.15, 0.2) is 12.4 Å². The molecule has 12 heavy (non-hydrogen) atoms. The summed E-state index contributed by atoms with van der Waals surface area (Å²) in [6.07, 6.45) is 6.23. The molecule has 0 aliphatic rings. The number of imidazole rings is 1. The molecule has 1 aromatic rings. The van der Waals surface area contributed by atoms with Crippen molar-refractivity contribution in [1.82, 2.24) is 9.55 Å². The lowest BCUT2D eigenvalue weighted by atomic mass is 9.99. The van der Waals surface area contributed by atoms with Crippen molar-refractivity contribution in [3.05, 3.63) is 17.2 Å². The predicted molar refractivity (Wildman–Crippen MR) is 53.8 cm³/mol. The Hall–Kier alpha value is -0.570. The predicted octanol–water partition coefficient (Wildman–Crippen LogP) is 3.08. The van der Waals surface area contributed by atoms with Crippen molar-refractivity contribution >= 4 is 12.2 Å². The normalized spacial score (nSPS) is 11.9. The van der Waals surface area contributed by atoms with E-state index in [0.717, 1.165) is 11.2 Å². The van der Waals surface area contributed by atoms with Crippen LogP contribution >= 0.6 is 12.2 Å². The van der Waals surface area contributed by atoms with Gasteiger partial charge >= 0.3 is 0 Å². The van der Waals surface area contributed by atoms with Gasteiger partial charge in [0.2, 0.25) is 0 Å². The molecular formula is C9H16N2S. The van der Waals surface area contributed by atoms with Crippen LogP contribution in [0.3, 0.4) is 0 Å². The topological polar surface area (TPSA) is 20.7 Å². The molecule has 68 valence electrons. The van der Waals surface area contributed by atoms with E-state index >= 15 is 0 Å². The van der Waals surface area contributed by atoms with Gasteiger partial charge in [0.25, 0.3) is 0 Å². The third-order valence-electron chi connectivity index (χ3n) is 2.16. The fraction of sp³-hybridized carbons (Fsp3) is 0.667. The molecule has 0 atom stereocenters. The maximum Gasteiger partial charge on any atom is 0.177 e. The van der Waals surface area contributed by atoms with Gasteiger partial charge in [-0.2, -0.15) is 0 Å². The second-order valence-electron chi connectivity index (χ2n) is 3.70. The number of H-pyrrole nitrogens is 1. The van der Waals surface area contributed by atoms with E-state index < -0.39 is 0 Å². The van der Waals surface area contributed by atoms with Gasteiger partial charge in [-0.15, -0.1) is 0 Å². The Morgan fingerprint density at radius 1 is 1.58 bits per heavy atom. The van der Waals surface area contributed by atoms with E-state index in [1.54, 1.807) is 0 Å². The quantitative estimate of drug-likeness (QED) is 0.716. The van der Waals surface area contributed by atoms with Crippen molar-refractivity contribution in [3.63, 3.8) is 0 Å². The molecule has 1 rings (SSSR count). The van der Waals surface area contributed by atoms with Gasteiger partial charge in [-0.3, -0.25) is 0 Å². The number of hydrogen-bond acceptors (Lipinski definition) is 1. The van der Waals surface area contributed by atoms with Crippen molar-refractivity contribution in [1.29, 1.82) is 0 Å². The first-order valence-corrected chi connectivity index (χ1v) is 4.75. The fourth-order valence-electron chi connectivity index (χ4n) is 1.53. The minimum atomic E-state index is 0.145. The first kappa shape index (κ1) is 9.52. The van der Waals surface area contributed by atoms with Crippen LogP contribution in [0.5, 0.6) is 0 Å². The van der Waals surface area contributed by atoms with Crippen LogP contribution < -0.4 is 0 Å². The first-order valence-electron chi connectivity index (χ1n) is 4.34. The van der Waals surface area contributed by atoms with Crippen LogP contribution in [-0.4, -0.2) is 9.55 Å². The molecule has 0 bridgehead atoms. The maximum absolute atomic E-state index is 5.16. The van der Waals surface area contributed by atoms with Crippen molar-refractivity contribution < 1.29 is 0 Å². The van der Waals surface area contributed by atoms with Gasteiger partial charge in [0.1, 0.15) is 0 Å². The highest BCUT2D eigenvalue weighted by Gasteiger charge is 2.18. The summed E-state index contributed by atoms with van der Waals surface area (Å²) in [6, 6.07) is 0. The van der Waals surface area contributed by atoms with Gasteiger partial charge in [0.15, 0.2) is 4.77 Å². The summed E-state index contributed by atoms with van der Waals surface area (Å²) in [5, 5.41) is 0. The maximum atomic E-state index is 5.16. The Bertz CT molecular complexity index is 295. The number of aromatic nitrogens is 2. The molecule has 0 spiro atoms. The van der Waals surface area contributed by atoms with E-state index in [2.05, 4.69) is 30.3 Å². The Kier molecular flexibility index (Phi) is 2.73. The average molecular weight is 184 g/mol. The van der Waals surface area contributed by atoms with Crippen LogP contribution in [-0.2, 0) is 5.54 Å². The Morgan fingerprint density at radius 3 is 2.67 bits per heavy atom. The van der Waals surface area contributed by atoms with Crippen molar-refractivity contribution in [3.8, 4) is 0 Å². The summed E-state index contributed by atoms with van der Waals surface area (Å²) < 4.78 is 2.93. The second-order valence-corrected chi connectivity index (χ2v) is 4.08. The second kappa shape index (κ2) is 3.44. The highest BCUT2D eigenvalue weighted by Crippen LogP contribution is 2.21. The Balaban J connectivity index is 2.96. The number of rotatable bonds is 3. The molecule has 1 N–H and O–H groups in total. The van der Waals surface area contributed by atoms with E-state index in [9.17, 15) is 0 Å². The molecule has 3 heteroatoms. The van der Waals surface area contributed by atoms with Gasteiger partial charge in [-0.1, -0.05) is 13.3 Å². The van der Waals surface area contributed by atoms with Crippen molar-refractivity contribution in [2.75, 3.05) is 0 Å². The van der Waals surface area contributed by atoms with Gasteiger partial charge in [0, 0.05) is 17.9 Å². The Morgan fingerprint density at radius 2 is 2.25 bits per heavy atom. The molecule has 0 amide bonds. The van der Waals surface area contributed by atoms with E-state index in [4.69, 9.17) is 12.2 Å². The van der Waals surface area contributed by atoms with Gasteiger partial charge in [0.05, 0.1) is 0 Å². The molecular weight excluding hydrogens is 168 g/mol. The Labute approximate surface area is 78.6 Å². The summed E-state index contributed by atoms with van der Waals surface area (Å²) in [6.45, 7) is 6.61. The van der Waals surface area contributed by atoms with E-state index in [1.165, 1.54) is 6.42 Å². The lowest BCUT2D eigenvalue weighted by Gasteiger charge is -2.25. The number of nitrogens with one attached hydrogen (secondary N) is 1. The van der Waals surface area contributed by atoms with Gasteiger partial charge in [-0.25, -0.2) is 0 Å². The summed E-state index contributed by atoms with van der Waals surface area (Å²) in [4.78, 5) is 3.01. The standard InChI is InChI=1S/C9H16N2S/c1-4-5-9(2,3)11-7-6-10-8(11)12/h6-7H,4-5H2,1-3H3,(H,10,12). The lowest BCUT2D eigenvalue weighted by Crippen LogP contribution is -2.25. The van der Waals surface area contributed by atoms with Crippen LogP contribution in [0.25, 0.3) is 0 Å². The zero-order valence-corrected chi connectivity index (χ0v) is 8.74. The lowest BCUT2D eigenvalue weighted by molar-refractivity contribution is 0.320. The average Bonchev–Trinajstić information content (AvgIpc) is 2.35.